The van der Waals surface area contributed by atoms with Crippen molar-refractivity contribution in [1.29, 1.82) is 0 Å². The highest BCUT2D eigenvalue weighted by atomic mass is 19.1. The number of carbonyl (C=O) groups is 2. The Hall–Kier alpha value is -2.17. The van der Waals surface area contributed by atoms with Gasteiger partial charge in [-0.2, -0.15) is 4.39 Å². The van der Waals surface area contributed by atoms with Gasteiger partial charge in [-0.15, -0.1) is 0 Å². The second-order valence-corrected chi connectivity index (χ2v) is 12.3. The number of hydrogen-bond donors (Lipinski definition) is 3. The first-order valence-electron chi connectivity index (χ1n) is 16.8. The number of halogens is 1. The van der Waals surface area contributed by atoms with Crippen molar-refractivity contribution in [3.05, 3.63) is 32.9 Å². The summed E-state index contributed by atoms with van der Waals surface area (Å²) in [6.45, 7) is 4.36. The molecule has 1 fully saturated rings. The Kier molecular flexibility index (Phi) is 17.2. The molecule has 9 nitrogen and oxygen atoms in total. The number of aromatic nitrogens is 2. The van der Waals surface area contributed by atoms with Crippen LogP contribution in [0, 0.1) is 5.82 Å². The maximum Gasteiger partial charge on any atom is 0.330 e. The van der Waals surface area contributed by atoms with Crippen molar-refractivity contribution in [3.63, 3.8) is 0 Å². The highest BCUT2D eigenvalue weighted by molar-refractivity contribution is 5.91. The van der Waals surface area contributed by atoms with Crippen LogP contribution in [0.3, 0.4) is 0 Å². The summed E-state index contributed by atoms with van der Waals surface area (Å²) in [6.07, 6.45) is 14.4. The van der Waals surface area contributed by atoms with Crippen molar-refractivity contribution in [1.82, 2.24) is 9.55 Å². The first-order chi connectivity index (χ1) is 20.7. The number of nitrogens with zero attached hydrogens (tertiary/aromatic N) is 1. The predicted octanol–water partition coefficient (Wildman–Crippen LogP) is 6.04. The molecule has 0 spiro atoms. The van der Waals surface area contributed by atoms with E-state index in [9.17, 15) is 33.8 Å². The molecule has 0 aromatic carbocycles. The van der Waals surface area contributed by atoms with Gasteiger partial charge in [-0.1, -0.05) is 117 Å². The van der Waals surface area contributed by atoms with E-state index in [1.807, 2.05) is 4.98 Å². The Morgan fingerprint density at radius 3 is 1.86 bits per heavy atom. The fourth-order valence-corrected chi connectivity index (χ4v) is 5.90. The number of aliphatic hydroxyl groups excluding tert-OH is 1. The van der Waals surface area contributed by atoms with Crippen molar-refractivity contribution >= 4 is 11.6 Å². The molecular weight excluding hydrogens is 555 g/mol. The van der Waals surface area contributed by atoms with Gasteiger partial charge in [0.25, 0.3) is 5.56 Å². The topological polar surface area (TPSA) is 139 Å². The predicted molar refractivity (Wildman–Crippen MR) is 164 cm³/mol. The average molecular weight is 611 g/mol. The molecule has 0 saturated carbocycles. The molecule has 1 aliphatic rings. The average Bonchev–Trinajstić information content (AvgIpc) is 3.34. The van der Waals surface area contributed by atoms with Crippen LogP contribution in [0.5, 0.6) is 0 Å². The molecule has 1 aromatic heterocycles. The minimum Gasteiger partial charge on any atom is -0.382 e. The molecule has 246 valence electrons. The SMILES string of the molecule is CCCCCCCCCCCC(=O)C(O)[C@H]1O[C@@H](n2cc(F)c(=O)[nH]c2=O)C[C@@]1(O)C(=O)CCCCCCCCCCC. The Bertz CT molecular complexity index is 1090. The first-order valence-corrected chi connectivity index (χ1v) is 16.8. The van der Waals surface area contributed by atoms with Gasteiger partial charge >= 0.3 is 5.69 Å². The number of carbonyl (C=O) groups excluding carboxylic acids is 2. The van der Waals surface area contributed by atoms with Crippen molar-refractivity contribution < 1.29 is 28.9 Å². The third kappa shape index (κ3) is 12.0. The van der Waals surface area contributed by atoms with Crippen LogP contribution in [-0.2, 0) is 14.3 Å². The van der Waals surface area contributed by atoms with E-state index < -0.39 is 59.1 Å². The van der Waals surface area contributed by atoms with Crippen LogP contribution in [0.1, 0.15) is 155 Å². The fraction of sp³-hybridized carbons (Fsp3) is 0.818. The molecule has 0 amide bonds. The van der Waals surface area contributed by atoms with Crippen LogP contribution >= 0.6 is 0 Å². The Morgan fingerprint density at radius 1 is 0.884 bits per heavy atom. The zero-order valence-electron chi connectivity index (χ0n) is 26.4. The van der Waals surface area contributed by atoms with E-state index in [0.717, 1.165) is 55.9 Å². The molecule has 10 heteroatoms. The smallest absolute Gasteiger partial charge is 0.330 e. The molecule has 3 N–H and O–H groups in total. The Morgan fingerprint density at radius 2 is 1.35 bits per heavy atom. The standard InChI is InChI=1S/C33H55FN2O7/c1-3-5-7-9-11-13-15-17-19-21-26(37)29(39)30-33(42,27(38)22-20-18-16-14-12-10-8-6-4-2)23-28(43-30)36-24-25(34)31(40)35-32(36)41/h24,28-30,39,42H,3-23H2,1-2H3,(H,35,40,41)/t28-,29?,30-,33-/m1/s1. The summed E-state index contributed by atoms with van der Waals surface area (Å²) in [5.41, 5.74) is -4.44. The number of unbranched alkanes of at least 4 members (excludes halogenated alkanes) is 16. The summed E-state index contributed by atoms with van der Waals surface area (Å²) in [5.74, 6) is -2.38. The number of hydrogen-bond acceptors (Lipinski definition) is 7. The van der Waals surface area contributed by atoms with E-state index in [1.165, 1.54) is 51.4 Å². The minimum atomic E-state index is -2.25. The Balaban J connectivity index is 1.99. The van der Waals surface area contributed by atoms with E-state index in [2.05, 4.69) is 13.8 Å². The molecule has 1 saturated heterocycles. The van der Waals surface area contributed by atoms with Crippen LogP contribution in [0.4, 0.5) is 4.39 Å². The normalized spacial score (nSPS) is 20.9. The molecule has 43 heavy (non-hydrogen) atoms. The van der Waals surface area contributed by atoms with Gasteiger partial charge in [-0.05, 0) is 12.8 Å². The monoisotopic (exact) mass is 610 g/mol. The third-order valence-corrected chi connectivity index (χ3v) is 8.63. The van der Waals surface area contributed by atoms with Gasteiger partial charge in [0.1, 0.15) is 18.4 Å². The summed E-state index contributed by atoms with van der Waals surface area (Å²) in [7, 11) is 0. The van der Waals surface area contributed by atoms with Crippen LogP contribution in [-0.4, -0.2) is 49.1 Å². The van der Waals surface area contributed by atoms with Gasteiger partial charge in [0, 0.05) is 19.3 Å². The number of nitrogens with one attached hydrogen (secondary N) is 1. The number of rotatable bonds is 24. The van der Waals surface area contributed by atoms with Crippen LogP contribution in [0.2, 0.25) is 0 Å². The molecule has 1 unspecified atom stereocenters. The van der Waals surface area contributed by atoms with Gasteiger partial charge < -0.3 is 14.9 Å². The molecule has 0 bridgehead atoms. The largest absolute Gasteiger partial charge is 0.382 e. The third-order valence-electron chi connectivity index (χ3n) is 8.63. The summed E-state index contributed by atoms with van der Waals surface area (Å²) < 4.78 is 20.5. The molecule has 2 rings (SSSR count). The quantitative estimate of drug-likeness (QED) is 0.121. The number of H-pyrrole nitrogens is 1. The van der Waals surface area contributed by atoms with Gasteiger partial charge in [0.05, 0.1) is 6.20 Å². The zero-order chi connectivity index (χ0) is 31.7. The molecule has 0 aliphatic carbocycles. The molecule has 2 heterocycles. The van der Waals surface area contributed by atoms with Gasteiger partial charge in [-0.3, -0.25) is 23.9 Å². The maximum absolute atomic E-state index is 14.0. The van der Waals surface area contributed by atoms with Gasteiger partial charge in [-0.25, -0.2) is 4.79 Å². The van der Waals surface area contributed by atoms with Crippen LogP contribution < -0.4 is 11.2 Å². The lowest BCUT2D eigenvalue weighted by Gasteiger charge is -2.29. The second kappa shape index (κ2) is 20.0. The van der Waals surface area contributed by atoms with Crippen molar-refractivity contribution in [2.24, 2.45) is 0 Å². The van der Waals surface area contributed by atoms with E-state index >= 15 is 0 Å². The van der Waals surface area contributed by atoms with Crippen molar-refractivity contribution in [2.75, 3.05) is 0 Å². The van der Waals surface area contributed by atoms with Crippen molar-refractivity contribution in [2.45, 2.75) is 173 Å². The lowest BCUT2D eigenvalue weighted by Crippen LogP contribution is -2.53. The first kappa shape index (κ1) is 37.0. The lowest BCUT2D eigenvalue weighted by atomic mass is 9.83. The van der Waals surface area contributed by atoms with Gasteiger partial charge in [0.2, 0.25) is 5.82 Å². The minimum absolute atomic E-state index is 0.0208. The number of ketones is 2. The Labute approximate surface area is 255 Å². The molecule has 0 radical (unpaired) electrons. The number of aromatic amines is 1. The summed E-state index contributed by atoms with van der Waals surface area (Å²) in [4.78, 5) is 52.0. The van der Waals surface area contributed by atoms with E-state index in [4.69, 9.17) is 4.74 Å². The number of aliphatic hydroxyl groups is 2. The highest BCUT2D eigenvalue weighted by Crippen LogP contribution is 2.40. The van der Waals surface area contributed by atoms with E-state index in [-0.39, 0.29) is 12.8 Å². The maximum atomic E-state index is 14.0. The summed E-state index contributed by atoms with van der Waals surface area (Å²) >= 11 is 0. The molecular formula is C33H55FN2O7. The molecule has 1 aromatic rings. The molecule has 1 aliphatic heterocycles. The number of ether oxygens (including phenoxy) is 1. The molecule has 4 atom stereocenters. The van der Waals surface area contributed by atoms with Crippen LogP contribution in [0.15, 0.2) is 15.8 Å². The fourth-order valence-electron chi connectivity index (χ4n) is 5.90. The second-order valence-electron chi connectivity index (χ2n) is 12.3. The summed E-state index contributed by atoms with van der Waals surface area (Å²) in [6, 6.07) is 0. The van der Waals surface area contributed by atoms with Gasteiger partial charge in [0.15, 0.2) is 17.2 Å². The van der Waals surface area contributed by atoms with Crippen LogP contribution in [0.25, 0.3) is 0 Å². The van der Waals surface area contributed by atoms with E-state index in [1.54, 1.807) is 0 Å². The number of Topliss-reactive ketones (excluding diaryl/α,β-unsaturated/α-hetero) is 2. The van der Waals surface area contributed by atoms with E-state index in [0.29, 0.717) is 19.0 Å². The highest BCUT2D eigenvalue weighted by Gasteiger charge is 2.56. The van der Waals surface area contributed by atoms with Crippen molar-refractivity contribution in [3.8, 4) is 0 Å². The zero-order valence-corrected chi connectivity index (χ0v) is 26.4. The summed E-state index contributed by atoms with van der Waals surface area (Å²) in [5, 5.41) is 22.6. The lowest BCUT2D eigenvalue weighted by molar-refractivity contribution is -0.160.